The maximum absolute atomic E-state index is 11.2. The van der Waals surface area contributed by atoms with E-state index in [4.69, 9.17) is 11.0 Å². The second kappa shape index (κ2) is 4.31. The molecule has 2 rings (SSSR count). The van der Waals surface area contributed by atoms with Gasteiger partial charge in [-0.25, -0.2) is 13.4 Å². The van der Waals surface area contributed by atoms with Crippen LogP contribution in [-0.2, 0) is 16.4 Å². The van der Waals surface area contributed by atoms with Gasteiger partial charge in [0.05, 0.1) is 28.4 Å². The number of nitrogen functional groups attached to an aromatic ring is 1. The highest BCUT2D eigenvalue weighted by atomic mass is 32.2. The Labute approximate surface area is 105 Å². The summed E-state index contributed by atoms with van der Waals surface area (Å²) in [5.74, 6) is 0.239. The molecule has 1 heterocycles. The summed E-state index contributed by atoms with van der Waals surface area (Å²) in [6, 6.07) is 7.03. The maximum atomic E-state index is 11.2. The lowest BCUT2D eigenvalue weighted by Gasteiger charge is -2.05. The summed E-state index contributed by atoms with van der Waals surface area (Å²) in [5.41, 5.74) is 7.57. The van der Waals surface area contributed by atoms with Crippen LogP contribution in [-0.4, -0.2) is 30.0 Å². The topological polar surface area (TPSA) is 102 Å². The Bertz CT molecular complexity index is 740. The second-order valence-electron chi connectivity index (χ2n) is 4.07. The number of anilines is 1. The van der Waals surface area contributed by atoms with Gasteiger partial charge in [-0.2, -0.15) is 5.26 Å². The average Bonchev–Trinajstić information content (AvgIpc) is 2.60. The van der Waals surface area contributed by atoms with E-state index in [1.54, 1.807) is 22.8 Å². The van der Waals surface area contributed by atoms with Crippen molar-refractivity contribution in [1.82, 2.24) is 9.55 Å². The molecule has 1 aromatic carbocycles. The van der Waals surface area contributed by atoms with Crippen LogP contribution in [0, 0.1) is 11.3 Å². The van der Waals surface area contributed by atoms with Crippen molar-refractivity contribution < 1.29 is 8.42 Å². The molecule has 0 saturated carbocycles. The van der Waals surface area contributed by atoms with Gasteiger partial charge < -0.3 is 10.3 Å². The van der Waals surface area contributed by atoms with Gasteiger partial charge >= 0.3 is 0 Å². The summed E-state index contributed by atoms with van der Waals surface area (Å²) in [7, 11) is -3.07. The van der Waals surface area contributed by atoms with Gasteiger partial charge in [-0.3, -0.25) is 0 Å². The Balaban J connectivity index is 2.49. The van der Waals surface area contributed by atoms with Crippen molar-refractivity contribution in [2.45, 2.75) is 6.54 Å². The molecule has 6 nitrogen and oxygen atoms in total. The maximum Gasteiger partial charge on any atom is 0.201 e. The van der Waals surface area contributed by atoms with E-state index in [-0.39, 0.29) is 18.2 Å². The normalized spacial score (nSPS) is 11.6. The number of hydrogen-bond donors (Lipinski definition) is 1. The van der Waals surface area contributed by atoms with Gasteiger partial charge in [-0.15, -0.1) is 0 Å². The molecule has 0 aliphatic carbocycles. The summed E-state index contributed by atoms with van der Waals surface area (Å²) >= 11 is 0. The van der Waals surface area contributed by atoms with Crippen molar-refractivity contribution in [3.63, 3.8) is 0 Å². The van der Waals surface area contributed by atoms with Crippen molar-refractivity contribution in [3.8, 4) is 6.07 Å². The van der Waals surface area contributed by atoms with Crippen molar-refractivity contribution in [1.29, 1.82) is 5.26 Å². The number of sulfone groups is 1. The number of hydrogen-bond acceptors (Lipinski definition) is 5. The molecule has 0 fully saturated rings. The standard InChI is InChI=1S/C11H12N4O2S/c1-18(16,17)5-4-15-10-6-8(7-12)2-3-9(10)14-11(15)13/h2-3,6H,4-5H2,1H3,(H2,13,14). The fourth-order valence-corrected chi connectivity index (χ4v) is 2.22. The van der Waals surface area contributed by atoms with E-state index >= 15 is 0 Å². The Morgan fingerprint density at radius 3 is 2.83 bits per heavy atom. The first kappa shape index (κ1) is 12.4. The second-order valence-corrected chi connectivity index (χ2v) is 6.33. The molecule has 0 radical (unpaired) electrons. The Morgan fingerprint density at radius 2 is 2.22 bits per heavy atom. The lowest BCUT2D eigenvalue weighted by molar-refractivity contribution is 0.596. The van der Waals surface area contributed by atoms with Gasteiger partial charge in [0.25, 0.3) is 0 Å². The predicted molar refractivity (Wildman–Crippen MR) is 68.6 cm³/mol. The quantitative estimate of drug-likeness (QED) is 0.871. The van der Waals surface area contributed by atoms with Crippen LogP contribution in [0.5, 0.6) is 0 Å². The Morgan fingerprint density at radius 1 is 1.50 bits per heavy atom. The van der Waals surface area contributed by atoms with E-state index in [1.165, 1.54) is 6.26 Å². The zero-order valence-corrected chi connectivity index (χ0v) is 10.6. The number of imidazole rings is 1. The predicted octanol–water partition coefficient (Wildman–Crippen LogP) is 0.535. The molecule has 0 bridgehead atoms. The molecule has 0 amide bonds. The van der Waals surface area contributed by atoms with Crippen LogP contribution in [0.2, 0.25) is 0 Å². The summed E-state index contributed by atoms with van der Waals surface area (Å²) in [6.07, 6.45) is 1.17. The highest BCUT2D eigenvalue weighted by Crippen LogP contribution is 2.19. The lowest BCUT2D eigenvalue weighted by Crippen LogP contribution is -2.13. The third kappa shape index (κ3) is 2.43. The summed E-state index contributed by atoms with van der Waals surface area (Å²) in [5, 5.41) is 8.85. The minimum atomic E-state index is -3.07. The highest BCUT2D eigenvalue weighted by Gasteiger charge is 2.11. The number of benzene rings is 1. The van der Waals surface area contributed by atoms with Crippen LogP contribution in [0.1, 0.15) is 5.56 Å². The molecular weight excluding hydrogens is 252 g/mol. The van der Waals surface area contributed by atoms with Gasteiger partial charge in [0.2, 0.25) is 5.95 Å². The molecule has 94 valence electrons. The third-order valence-electron chi connectivity index (χ3n) is 2.59. The SMILES string of the molecule is CS(=O)(=O)CCn1c(N)nc2ccc(C#N)cc21. The summed E-state index contributed by atoms with van der Waals surface area (Å²) in [4.78, 5) is 4.13. The van der Waals surface area contributed by atoms with Crippen LogP contribution < -0.4 is 5.73 Å². The molecule has 0 aliphatic rings. The summed E-state index contributed by atoms with van der Waals surface area (Å²) in [6.45, 7) is 0.232. The number of aryl methyl sites for hydroxylation is 1. The fourth-order valence-electron chi connectivity index (χ4n) is 1.70. The molecule has 2 N–H and O–H groups in total. The van der Waals surface area contributed by atoms with Crippen LogP contribution in [0.3, 0.4) is 0 Å². The van der Waals surface area contributed by atoms with E-state index in [2.05, 4.69) is 4.98 Å². The minimum Gasteiger partial charge on any atom is -0.369 e. The van der Waals surface area contributed by atoms with Gasteiger partial charge in [-0.1, -0.05) is 0 Å². The van der Waals surface area contributed by atoms with Crippen molar-refractivity contribution in [3.05, 3.63) is 23.8 Å². The summed E-state index contributed by atoms with van der Waals surface area (Å²) < 4.78 is 23.9. The molecule has 0 atom stereocenters. The van der Waals surface area contributed by atoms with E-state index in [0.29, 0.717) is 16.6 Å². The van der Waals surface area contributed by atoms with Crippen LogP contribution >= 0.6 is 0 Å². The third-order valence-corrected chi connectivity index (χ3v) is 3.52. The van der Waals surface area contributed by atoms with Crippen LogP contribution in [0.25, 0.3) is 11.0 Å². The number of nitrogens with zero attached hydrogens (tertiary/aromatic N) is 3. The highest BCUT2D eigenvalue weighted by molar-refractivity contribution is 7.90. The smallest absolute Gasteiger partial charge is 0.201 e. The zero-order valence-electron chi connectivity index (χ0n) is 9.79. The molecule has 0 saturated heterocycles. The van der Waals surface area contributed by atoms with Crippen molar-refractivity contribution in [2.75, 3.05) is 17.7 Å². The van der Waals surface area contributed by atoms with E-state index in [9.17, 15) is 8.42 Å². The van der Waals surface area contributed by atoms with Gasteiger partial charge in [0.1, 0.15) is 9.84 Å². The number of fused-ring (bicyclic) bond motifs is 1. The van der Waals surface area contributed by atoms with Crippen molar-refractivity contribution in [2.24, 2.45) is 0 Å². The number of rotatable bonds is 3. The number of aromatic nitrogens is 2. The Hall–Kier alpha value is -2.07. The van der Waals surface area contributed by atoms with E-state index in [0.717, 1.165) is 0 Å². The molecule has 1 aromatic heterocycles. The first-order chi connectivity index (χ1) is 8.40. The molecule has 0 aliphatic heterocycles. The molecule has 18 heavy (non-hydrogen) atoms. The van der Waals surface area contributed by atoms with Crippen LogP contribution in [0.4, 0.5) is 5.95 Å². The number of nitriles is 1. The molecule has 7 heteroatoms. The molecular formula is C11H12N4O2S. The fraction of sp³-hybridized carbons (Fsp3) is 0.273. The lowest BCUT2D eigenvalue weighted by atomic mass is 10.2. The first-order valence-electron chi connectivity index (χ1n) is 5.24. The van der Waals surface area contributed by atoms with Crippen LogP contribution in [0.15, 0.2) is 18.2 Å². The molecule has 0 spiro atoms. The number of nitrogens with two attached hydrogens (primary N) is 1. The zero-order chi connectivity index (χ0) is 13.3. The van der Waals surface area contributed by atoms with E-state index < -0.39 is 9.84 Å². The molecule has 2 aromatic rings. The Kier molecular flexibility index (Phi) is 2.97. The average molecular weight is 264 g/mol. The van der Waals surface area contributed by atoms with E-state index in [1.807, 2.05) is 6.07 Å². The van der Waals surface area contributed by atoms with Crippen molar-refractivity contribution >= 4 is 26.8 Å². The monoisotopic (exact) mass is 264 g/mol. The van der Waals surface area contributed by atoms with Gasteiger partial charge in [0, 0.05) is 12.8 Å². The first-order valence-corrected chi connectivity index (χ1v) is 7.30. The van der Waals surface area contributed by atoms with Gasteiger partial charge in [0.15, 0.2) is 0 Å². The largest absolute Gasteiger partial charge is 0.369 e. The molecule has 0 unspecified atom stereocenters. The minimum absolute atomic E-state index is 0.0144. The van der Waals surface area contributed by atoms with Gasteiger partial charge in [-0.05, 0) is 18.2 Å².